The van der Waals surface area contributed by atoms with E-state index in [-0.39, 0.29) is 6.04 Å². The van der Waals surface area contributed by atoms with Crippen molar-refractivity contribution in [3.63, 3.8) is 0 Å². The van der Waals surface area contributed by atoms with Gasteiger partial charge in [0.15, 0.2) is 0 Å². The minimum absolute atomic E-state index is 0.275. The number of hydrogen-bond donors (Lipinski definition) is 2. The summed E-state index contributed by atoms with van der Waals surface area (Å²) >= 11 is 0. The number of hydrogen-bond acceptors (Lipinski definition) is 2. The summed E-state index contributed by atoms with van der Waals surface area (Å²) in [6, 6.07) is -0.275. The van der Waals surface area contributed by atoms with Crippen LogP contribution in [0.1, 0.15) is 59.2 Å². The van der Waals surface area contributed by atoms with E-state index in [9.17, 15) is 5.11 Å². The molecule has 1 aromatic carbocycles. The molecule has 0 radical (unpaired) electrons. The Morgan fingerprint density at radius 1 is 0.889 bits per heavy atom. The van der Waals surface area contributed by atoms with Gasteiger partial charge >= 0.3 is 0 Å². The van der Waals surface area contributed by atoms with Crippen molar-refractivity contribution in [3.05, 3.63) is 33.4 Å². The van der Waals surface area contributed by atoms with Gasteiger partial charge in [-0.15, -0.1) is 0 Å². The predicted molar refractivity (Wildman–Crippen MR) is 78.0 cm³/mol. The highest BCUT2D eigenvalue weighted by Gasteiger charge is 2.22. The summed E-state index contributed by atoms with van der Waals surface area (Å²) in [7, 11) is 0. The predicted octanol–water partition coefficient (Wildman–Crippen LogP) is 3.39. The monoisotopic (exact) mass is 249 g/mol. The fraction of sp³-hybridized carbons (Fsp3) is 0.625. The molecule has 0 unspecified atom stereocenters. The second kappa shape index (κ2) is 5.85. The van der Waals surface area contributed by atoms with E-state index in [1.54, 1.807) is 0 Å². The van der Waals surface area contributed by atoms with Gasteiger partial charge in [-0.3, -0.25) is 0 Å². The fourth-order valence-electron chi connectivity index (χ4n) is 2.70. The SMILES string of the molecule is CCC[C@H](O)[C@H](N)c1c(C)c(C)c(C)c(C)c1C. The van der Waals surface area contributed by atoms with Crippen LogP contribution in [0, 0.1) is 34.6 Å². The molecule has 0 bridgehead atoms. The average molecular weight is 249 g/mol. The van der Waals surface area contributed by atoms with Gasteiger partial charge in [-0.1, -0.05) is 13.3 Å². The Bertz CT molecular complexity index is 408. The number of aliphatic hydroxyl groups excluding tert-OH is 1. The van der Waals surface area contributed by atoms with Crippen LogP contribution in [-0.2, 0) is 0 Å². The van der Waals surface area contributed by atoms with Crippen molar-refractivity contribution in [2.45, 2.75) is 66.5 Å². The van der Waals surface area contributed by atoms with Gasteiger partial charge in [-0.2, -0.15) is 0 Å². The zero-order valence-electron chi connectivity index (χ0n) is 12.6. The summed E-state index contributed by atoms with van der Waals surface area (Å²) in [5.41, 5.74) is 13.8. The van der Waals surface area contributed by atoms with Crippen molar-refractivity contribution < 1.29 is 5.11 Å². The minimum Gasteiger partial charge on any atom is -0.391 e. The van der Waals surface area contributed by atoms with Gasteiger partial charge < -0.3 is 10.8 Å². The van der Waals surface area contributed by atoms with E-state index in [2.05, 4.69) is 41.5 Å². The highest BCUT2D eigenvalue weighted by atomic mass is 16.3. The van der Waals surface area contributed by atoms with Crippen LogP contribution < -0.4 is 5.73 Å². The molecule has 0 aliphatic heterocycles. The van der Waals surface area contributed by atoms with E-state index in [4.69, 9.17) is 5.73 Å². The van der Waals surface area contributed by atoms with Crippen molar-refractivity contribution in [2.24, 2.45) is 5.73 Å². The Kier molecular flexibility index (Phi) is 4.94. The Morgan fingerprint density at radius 2 is 1.28 bits per heavy atom. The van der Waals surface area contributed by atoms with Crippen LogP contribution >= 0.6 is 0 Å². The summed E-state index contributed by atoms with van der Waals surface area (Å²) in [4.78, 5) is 0. The lowest BCUT2D eigenvalue weighted by atomic mass is 9.84. The molecule has 0 heterocycles. The summed E-state index contributed by atoms with van der Waals surface area (Å²) in [5.74, 6) is 0. The molecule has 0 amide bonds. The topological polar surface area (TPSA) is 46.2 Å². The van der Waals surface area contributed by atoms with Crippen molar-refractivity contribution in [1.82, 2.24) is 0 Å². The first-order chi connectivity index (χ1) is 8.32. The second-order valence-corrected chi connectivity index (χ2v) is 5.42. The van der Waals surface area contributed by atoms with Crippen LogP contribution in [-0.4, -0.2) is 11.2 Å². The van der Waals surface area contributed by atoms with Gasteiger partial charge in [0.05, 0.1) is 12.1 Å². The molecule has 2 atom stereocenters. The van der Waals surface area contributed by atoms with Gasteiger partial charge in [-0.25, -0.2) is 0 Å². The Labute approximate surface area is 111 Å². The third-order valence-corrected chi connectivity index (χ3v) is 4.39. The van der Waals surface area contributed by atoms with Gasteiger partial charge in [0.2, 0.25) is 0 Å². The van der Waals surface area contributed by atoms with Crippen LogP contribution in [0.2, 0.25) is 0 Å². The molecule has 0 saturated heterocycles. The molecule has 0 aliphatic rings. The highest BCUT2D eigenvalue weighted by Crippen LogP contribution is 2.31. The fourth-order valence-corrected chi connectivity index (χ4v) is 2.70. The summed E-state index contributed by atoms with van der Waals surface area (Å²) < 4.78 is 0. The van der Waals surface area contributed by atoms with E-state index < -0.39 is 6.10 Å². The Balaban J connectivity index is 3.32. The van der Waals surface area contributed by atoms with Crippen LogP contribution in [0.15, 0.2) is 0 Å². The lowest BCUT2D eigenvalue weighted by molar-refractivity contribution is 0.134. The van der Waals surface area contributed by atoms with Crippen LogP contribution in [0.4, 0.5) is 0 Å². The maximum atomic E-state index is 10.1. The standard InChI is InChI=1S/C16H27NO/c1-7-8-14(18)16(17)15-12(5)10(3)9(2)11(4)13(15)6/h14,16,18H,7-8,17H2,1-6H3/t14-,16-/m0/s1. The smallest absolute Gasteiger partial charge is 0.0732 e. The second-order valence-electron chi connectivity index (χ2n) is 5.42. The molecule has 1 rings (SSSR count). The number of rotatable bonds is 4. The maximum Gasteiger partial charge on any atom is 0.0732 e. The lowest BCUT2D eigenvalue weighted by Crippen LogP contribution is -2.28. The van der Waals surface area contributed by atoms with Crippen molar-refractivity contribution in [1.29, 1.82) is 0 Å². The van der Waals surface area contributed by atoms with Gasteiger partial charge in [0.1, 0.15) is 0 Å². The summed E-state index contributed by atoms with van der Waals surface area (Å²) in [6.07, 6.45) is 1.26. The van der Waals surface area contributed by atoms with Crippen molar-refractivity contribution >= 4 is 0 Å². The molecule has 0 aromatic heterocycles. The normalized spacial score (nSPS) is 14.7. The molecule has 0 aliphatic carbocycles. The molecule has 102 valence electrons. The first kappa shape index (κ1) is 15.2. The Hall–Kier alpha value is -0.860. The maximum absolute atomic E-state index is 10.1. The minimum atomic E-state index is -0.450. The molecule has 2 nitrogen and oxygen atoms in total. The van der Waals surface area contributed by atoms with Gasteiger partial charge in [-0.05, 0) is 74.4 Å². The zero-order valence-corrected chi connectivity index (χ0v) is 12.6. The van der Waals surface area contributed by atoms with Gasteiger partial charge in [0.25, 0.3) is 0 Å². The molecule has 3 N–H and O–H groups in total. The Morgan fingerprint density at radius 3 is 1.67 bits per heavy atom. The number of nitrogens with two attached hydrogens (primary N) is 1. The zero-order chi connectivity index (χ0) is 14.0. The molecule has 0 saturated carbocycles. The third kappa shape index (κ3) is 2.60. The van der Waals surface area contributed by atoms with Gasteiger partial charge in [0, 0.05) is 0 Å². The molecule has 2 heteroatoms. The number of benzene rings is 1. The van der Waals surface area contributed by atoms with E-state index in [0.717, 1.165) is 18.4 Å². The van der Waals surface area contributed by atoms with E-state index >= 15 is 0 Å². The van der Waals surface area contributed by atoms with E-state index in [0.29, 0.717) is 0 Å². The first-order valence-electron chi connectivity index (χ1n) is 6.83. The average Bonchev–Trinajstić information content (AvgIpc) is 2.34. The first-order valence-corrected chi connectivity index (χ1v) is 6.83. The molecule has 0 fully saturated rings. The van der Waals surface area contributed by atoms with Crippen LogP contribution in [0.3, 0.4) is 0 Å². The van der Waals surface area contributed by atoms with E-state index in [1.165, 1.54) is 27.8 Å². The molecule has 18 heavy (non-hydrogen) atoms. The van der Waals surface area contributed by atoms with E-state index in [1.807, 2.05) is 0 Å². The molecular formula is C16H27NO. The molecular weight excluding hydrogens is 222 g/mol. The van der Waals surface area contributed by atoms with Crippen molar-refractivity contribution in [2.75, 3.05) is 0 Å². The van der Waals surface area contributed by atoms with Crippen LogP contribution in [0.5, 0.6) is 0 Å². The summed E-state index contributed by atoms with van der Waals surface area (Å²) in [5, 5.41) is 10.1. The quantitative estimate of drug-likeness (QED) is 0.859. The highest BCUT2D eigenvalue weighted by molar-refractivity contribution is 5.50. The van der Waals surface area contributed by atoms with Crippen molar-refractivity contribution in [3.8, 4) is 0 Å². The lowest BCUT2D eigenvalue weighted by Gasteiger charge is -2.26. The number of aliphatic hydroxyl groups is 1. The molecule has 1 aromatic rings. The van der Waals surface area contributed by atoms with Crippen LogP contribution in [0.25, 0.3) is 0 Å². The summed E-state index contributed by atoms with van der Waals surface area (Å²) in [6.45, 7) is 12.7. The third-order valence-electron chi connectivity index (χ3n) is 4.39. The largest absolute Gasteiger partial charge is 0.391 e. The molecule has 0 spiro atoms.